The highest BCUT2D eigenvalue weighted by Gasteiger charge is 2.24. The summed E-state index contributed by atoms with van der Waals surface area (Å²) in [4.78, 5) is 6.30. The van der Waals surface area contributed by atoms with Crippen LogP contribution < -0.4 is 0 Å². The first-order valence-electron chi connectivity index (χ1n) is 9.52. The Labute approximate surface area is 168 Å². The number of nitrogens with zero attached hydrogens (tertiary/aromatic N) is 4. The average molecular weight is 399 g/mol. The summed E-state index contributed by atoms with van der Waals surface area (Å²) in [5.74, 6) is 1.82. The highest BCUT2D eigenvalue weighted by Crippen LogP contribution is 2.34. The van der Waals surface area contributed by atoms with Gasteiger partial charge in [0.05, 0.1) is 5.71 Å². The van der Waals surface area contributed by atoms with Gasteiger partial charge in [0.15, 0.2) is 5.82 Å². The molecule has 0 spiro atoms. The summed E-state index contributed by atoms with van der Waals surface area (Å²) in [6.07, 6.45) is 6.19. The molecule has 0 saturated carbocycles. The van der Waals surface area contributed by atoms with Gasteiger partial charge in [-0.25, -0.2) is 0 Å². The van der Waals surface area contributed by atoms with Crippen LogP contribution in [0.4, 0.5) is 0 Å². The quantitative estimate of drug-likeness (QED) is 0.495. The Morgan fingerprint density at radius 3 is 2.70 bits per heavy atom. The molecule has 2 aromatic heterocycles. The Kier molecular flexibility index (Phi) is 5.41. The summed E-state index contributed by atoms with van der Waals surface area (Å²) in [6, 6.07) is 10.3. The van der Waals surface area contributed by atoms with E-state index in [9.17, 15) is 0 Å². The lowest BCUT2D eigenvalue weighted by Crippen LogP contribution is -2.05. The molecule has 4 nitrogen and oxygen atoms in total. The van der Waals surface area contributed by atoms with E-state index in [1.165, 1.54) is 41.1 Å². The Bertz CT molecular complexity index is 969. The Balaban J connectivity index is 1.75. The second kappa shape index (κ2) is 7.95. The molecule has 0 atom stereocenters. The lowest BCUT2D eigenvalue weighted by Gasteiger charge is -2.07. The Hall–Kier alpha value is -1.98. The van der Waals surface area contributed by atoms with E-state index in [2.05, 4.69) is 27.8 Å². The summed E-state index contributed by atoms with van der Waals surface area (Å²) < 4.78 is 2.17. The first-order valence-corrected chi connectivity index (χ1v) is 10.7. The van der Waals surface area contributed by atoms with Crippen LogP contribution in [0.15, 0.2) is 35.3 Å². The van der Waals surface area contributed by atoms with Crippen LogP contribution in [-0.2, 0) is 13.0 Å². The molecular weight excluding hydrogens is 376 g/mol. The van der Waals surface area contributed by atoms with Gasteiger partial charge < -0.3 is 0 Å². The number of rotatable bonds is 6. The Morgan fingerprint density at radius 1 is 1.11 bits per heavy atom. The maximum absolute atomic E-state index is 6.09. The molecule has 0 N–H and O–H groups in total. The first-order chi connectivity index (χ1) is 13.2. The molecule has 0 saturated heterocycles. The van der Waals surface area contributed by atoms with Gasteiger partial charge in [0.1, 0.15) is 17.4 Å². The minimum atomic E-state index is 0.534. The number of aliphatic imine (C=N–C) groups is 1. The van der Waals surface area contributed by atoms with Gasteiger partial charge in [-0.05, 0) is 38.0 Å². The minimum Gasteiger partial charge on any atom is -0.276 e. The zero-order valence-corrected chi connectivity index (χ0v) is 17.3. The molecule has 4 rings (SSSR count). The Morgan fingerprint density at radius 2 is 1.93 bits per heavy atom. The summed E-state index contributed by atoms with van der Waals surface area (Å²) in [7, 11) is 0. The van der Waals surface area contributed by atoms with Crippen LogP contribution in [-0.4, -0.2) is 20.5 Å². The fourth-order valence-corrected chi connectivity index (χ4v) is 4.87. The number of benzene rings is 1. The minimum absolute atomic E-state index is 0.534. The summed E-state index contributed by atoms with van der Waals surface area (Å²) in [6.45, 7) is 4.79. The molecule has 3 aromatic rings. The number of aryl methyl sites for hydroxylation is 2. The monoisotopic (exact) mass is 398 g/mol. The van der Waals surface area contributed by atoms with Crippen molar-refractivity contribution in [2.75, 3.05) is 0 Å². The van der Waals surface area contributed by atoms with E-state index in [4.69, 9.17) is 16.6 Å². The van der Waals surface area contributed by atoms with Gasteiger partial charge in [-0.1, -0.05) is 49.9 Å². The van der Waals surface area contributed by atoms with Crippen LogP contribution in [0.5, 0.6) is 0 Å². The van der Waals surface area contributed by atoms with Crippen LogP contribution in [0.3, 0.4) is 0 Å². The largest absolute Gasteiger partial charge is 0.276 e. The van der Waals surface area contributed by atoms with Crippen molar-refractivity contribution < 1.29 is 0 Å². The molecule has 0 amide bonds. The van der Waals surface area contributed by atoms with Gasteiger partial charge >= 0.3 is 0 Å². The van der Waals surface area contributed by atoms with Crippen LogP contribution >= 0.6 is 22.9 Å². The van der Waals surface area contributed by atoms with Gasteiger partial charge in [-0.2, -0.15) is 0 Å². The van der Waals surface area contributed by atoms with E-state index in [-0.39, 0.29) is 0 Å². The highest BCUT2D eigenvalue weighted by atomic mass is 35.5. The van der Waals surface area contributed by atoms with E-state index < -0.39 is 0 Å². The van der Waals surface area contributed by atoms with Crippen molar-refractivity contribution in [3.8, 4) is 5.00 Å². The summed E-state index contributed by atoms with van der Waals surface area (Å²) in [5.41, 5.74) is 3.28. The van der Waals surface area contributed by atoms with Crippen molar-refractivity contribution in [2.24, 2.45) is 4.99 Å². The molecule has 0 bridgehead atoms. The predicted octanol–water partition coefficient (Wildman–Crippen LogP) is 5.76. The van der Waals surface area contributed by atoms with Gasteiger partial charge in [0.2, 0.25) is 0 Å². The lowest BCUT2D eigenvalue weighted by molar-refractivity contribution is 0.670. The first kappa shape index (κ1) is 18.4. The molecule has 0 fully saturated rings. The third-order valence-electron chi connectivity index (χ3n) is 4.89. The molecule has 6 heteroatoms. The van der Waals surface area contributed by atoms with Gasteiger partial charge in [-0.15, -0.1) is 21.5 Å². The van der Waals surface area contributed by atoms with E-state index in [0.29, 0.717) is 6.54 Å². The second-order valence-corrected chi connectivity index (χ2v) is 8.46. The summed E-state index contributed by atoms with van der Waals surface area (Å²) in [5, 5.41) is 10.5. The maximum atomic E-state index is 6.09. The van der Waals surface area contributed by atoms with Gasteiger partial charge in [0, 0.05) is 21.0 Å². The molecule has 140 valence electrons. The standard InChI is InChI=1S/C21H23ClN4S/c1-3-4-5-6-7-17-12-18-20(15-8-10-16(22)11-9-15)23-13-19-25-24-14(2)26(19)21(18)27-17/h8-12H,3-7,13H2,1-2H3. The number of hydrogen-bond donors (Lipinski definition) is 0. The van der Waals surface area contributed by atoms with Gasteiger partial charge in [0.25, 0.3) is 0 Å². The lowest BCUT2D eigenvalue weighted by atomic mass is 10.0. The zero-order chi connectivity index (χ0) is 18.8. The molecule has 0 aliphatic carbocycles. The SMILES string of the molecule is CCCCCCc1cc2c(s1)-n1c(C)nnc1CN=C2c1ccc(Cl)cc1. The number of unbranched alkanes of at least 4 members (excludes halogenated alkanes) is 3. The average Bonchev–Trinajstić information content (AvgIpc) is 3.20. The van der Waals surface area contributed by atoms with Crippen molar-refractivity contribution in [3.05, 3.63) is 63.0 Å². The van der Waals surface area contributed by atoms with Crippen LogP contribution in [0.2, 0.25) is 5.02 Å². The molecule has 0 unspecified atom stereocenters. The fraction of sp³-hybridized carbons (Fsp3) is 0.381. The van der Waals surface area contributed by atoms with Crippen molar-refractivity contribution >= 4 is 28.6 Å². The van der Waals surface area contributed by atoms with Crippen molar-refractivity contribution in [3.63, 3.8) is 0 Å². The molecule has 3 heterocycles. The second-order valence-electron chi connectivity index (χ2n) is 6.91. The maximum Gasteiger partial charge on any atom is 0.160 e. The normalized spacial score (nSPS) is 13.1. The number of thiophene rings is 1. The fourth-order valence-electron chi connectivity index (χ4n) is 3.48. The highest BCUT2D eigenvalue weighted by molar-refractivity contribution is 7.15. The summed E-state index contributed by atoms with van der Waals surface area (Å²) >= 11 is 7.93. The van der Waals surface area contributed by atoms with Crippen LogP contribution in [0.1, 0.15) is 60.3 Å². The number of halogens is 1. The van der Waals surface area contributed by atoms with E-state index in [1.807, 2.05) is 42.5 Å². The molecule has 1 aromatic carbocycles. The van der Waals surface area contributed by atoms with E-state index in [1.54, 1.807) is 0 Å². The number of hydrogen-bond acceptors (Lipinski definition) is 4. The van der Waals surface area contributed by atoms with Crippen LogP contribution in [0.25, 0.3) is 5.00 Å². The molecule has 1 aliphatic heterocycles. The zero-order valence-electron chi connectivity index (χ0n) is 15.7. The molecular formula is C21H23ClN4S. The number of aromatic nitrogens is 3. The predicted molar refractivity (Wildman–Crippen MR) is 113 cm³/mol. The molecule has 0 radical (unpaired) electrons. The third kappa shape index (κ3) is 3.71. The van der Waals surface area contributed by atoms with Crippen molar-refractivity contribution in [1.29, 1.82) is 0 Å². The van der Waals surface area contributed by atoms with Crippen molar-refractivity contribution in [2.45, 2.75) is 52.5 Å². The van der Waals surface area contributed by atoms with Crippen molar-refractivity contribution in [1.82, 2.24) is 14.8 Å². The topological polar surface area (TPSA) is 43.1 Å². The molecule has 1 aliphatic rings. The van der Waals surface area contributed by atoms with Crippen LogP contribution in [0, 0.1) is 6.92 Å². The third-order valence-corrected chi connectivity index (χ3v) is 6.32. The molecule has 27 heavy (non-hydrogen) atoms. The van der Waals surface area contributed by atoms with E-state index in [0.717, 1.165) is 34.4 Å². The number of fused-ring (bicyclic) bond motifs is 3. The smallest absolute Gasteiger partial charge is 0.160 e. The van der Waals surface area contributed by atoms with Gasteiger partial charge in [-0.3, -0.25) is 9.56 Å². The van der Waals surface area contributed by atoms with E-state index >= 15 is 0 Å².